The van der Waals surface area contributed by atoms with Crippen molar-refractivity contribution in [2.75, 3.05) is 13.1 Å². The summed E-state index contributed by atoms with van der Waals surface area (Å²) in [5.74, 6) is 0. The standard InChI is InChI=1S/C15H24N2/c1-12-4-6-13(7-5-12)10-17-9-8-15(2,3)14(16)11-17/h4-7,14H,8-11,16H2,1-3H3. The van der Waals surface area contributed by atoms with Crippen LogP contribution in [0.4, 0.5) is 0 Å². The molecule has 0 amide bonds. The van der Waals surface area contributed by atoms with E-state index in [0.717, 1.165) is 19.6 Å². The smallest absolute Gasteiger partial charge is 0.0234 e. The van der Waals surface area contributed by atoms with Crippen molar-refractivity contribution in [3.05, 3.63) is 35.4 Å². The molecule has 0 aliphatic carbocycles. The van der Waals surface area contributed by atoms with Gasteiger partial charge in [0.25, 0.3) is 0 Å². The third kappa shape index (κ3) is 3.08. The maximum absolute atomic E-state index is 6.24. The summed E-state index contributed by atoms with van der Waals surface area (Å²) >= 11 is 0. The van der Waals surface area contributed by atoms with Crippen LogP contribution in [0.1, 0.15) is 31.4 Å². The van der Waals surface area contributed by atoms with Crippen molar-refractivity contribution in [3.63, 3.8) is 0 Å². The summed E-state index contributed by atoms with van der Waals surface area (Å²) in [5, 5.41) is 0. The molecule has 1 atom stereocenters. The van der Waals surface area contributed by atoms with Gasteiger partial charge in [-0.1, -0.05) is 43.7 Å². The number of rotatable bonds is 2. The Bertz CT molecular complexity index is 367. The molecule has 2 N–H and O–H groups in total. The molecule has 0 aromatic heterocycles. The number of piperidine rings is 1. The van der Waals surface area contributed by atoms with Crippen LogP contribution in [-0.2, 0) is 6.54 Å². The lowest BCUT2D eigenvalue weighted by atomic mass is 9.78. The van der Waals surface area contributed by atoms with E-state index in [1.165, 1.54) is 17.5 Å². The molecule has 1 heterocycles. The van der Waals surface area contributed by atoms with Crippen LogP contribution in [0.2, 0.25) is 0 Å². The summed E-state index contributed by atoms with van der Waals surface area (Å²) in [6, 6.07) is 9.11. The summed E-state index contributed by atoms with van der Waals surface area (Å²) in [6.45, 7) is 9.89. The molecule has 2 rings (SSSR count). The molecule has 0 spiro atoms. The minimum absolute atomic E-state index is 0.293. The van der Waals surface area contributed by atoms with Crippen molar-refractivity contribution in [3.8, 4) is 0 Å². The average molecular weight is 232 g/mol. The SMILES string of the molecule is Cc1ccc(CN2CCC(C)(C)C(N)C2)cc1. The highest BCUT2D eigenvalue weighted by Crippen LogP contribution is 2.29. The summed E-state index contributed by atoms with van der Waals surface area (Å²) in [5.41, 5.74) is 9.25. The lowest BCUT2D eigenvalue weighted by Gasteiger charge is -2.42. The Balaban J connectivity index is 1.95. The lowest BCUT2D eigenvalue weighted by molar-refractivity contribution is 0.101. The zero-order chi connectivity index (χ0) is 12.5. The van der Waals surface area contributed by atoms with Crippen LogP contribution in [0, 0.1) is 12.3 Å². The fraction of sp³-hybridized carbons (Fsp3) is 0.600. The minimum atomic E-state index is 0.293. The van der Waals surface area contributed by atoms with E-state index in [1.807, 2.05) is 0 Å². The zero-order valence-electron chi connectivity index (χ0n) is 11.2. The molecule has 0 saturated carbocycles. The van der Waals surface area contributed by atoms with Gasteiger partial charge in [0.05, 0.1) is 0 Å². The van der Waals surface area contributed by atoms with Gasteiger partial charge in [0.1, 0.15) is 0 Å². The Morgan fingerprint density at radius 1 is 1.29 bits per heavy atom. The Morgan fingerprint density at radius 2 is 1.94 bits per heavy atom. The van der Waals surface area contributed by atoms with Crippen LogP contribution in [-0.4, -0.2) is 24.0 Å². The van der Waals surface area contributed by atoms with Crippen molar-refractivity contribution in [1.29, 1.82) is 0 Å². The fourth-order valence-electron chi connectivity index (χ4n) is 2.34. The Morgan fingerprint density at radius 3 is 2.53 bits per heavy atom. The van der Waals surface area contributed by atoms with Crippen molar-refractivity contribution >= 4 is 0 Å². The molecular formula is C15H24N2. The van der Waals surface area contributed by atoms with Gasteiger partial charge in [0.2, 0.25) is 0 Å². The van der Waals surface area contributed by atoms with E-state index in [9.17, 15) is 0 Å². The Labute approximate surface area is 105 Å². The predicted molar refractivity (Wildman–Crippen MR) is 72.8 cm³/mol. The summed E-state index contributed by atoms with van der Waals surface area (Å²) in [6.07, 6.45) is 1.19. The van der Waals surface area contributed by atoms with Gasteiger partial charge in [-0.2, -0.15) is 0 Å². The quantitative estimate of drug-likeness (QED) is 0.849. The first-order chi connectivity index (χ1) is 7.97. The van der Waals surface area contributed by atoms with E-state index in [2.05, 4.69) is 49.9 Å². The van der Waals surface area contributed by atoms with Crippen LogP contribution in [0.15, 0.2) is 24.3 Å². The van der Waals surface area contributed by atoms with Crippen molar-refractivity contribution < 1.29 is 0 Å². The van der Waals surface area contributed by atoms with E-state index in [4.69, 9.17) is 5.73 Å². The average Bonchev–Trinajstić information content (AvgIpc) is 2.27. The van der Waals surface area contributed by atoms with Crippen LogP contribution in [0.3, 0.4) is 0 Å². The molecule has 0 radical (unpaired) electrons. The number of hydrogen-bond acceptors (Lipinski definition) is 2. The molecular weight excluding hydrogens is 208 g/mol. The molecule has 1 saturated heterocycles. The van der Waals surface area contributed by atoms with Gasteiger partial charge in [-0.05, 0) is 30.9 Å². The topological polar surface area (TPSA) is 29.3 Å². The largest absolute Gasteiger partial charge is 0.326 e. The van der Waals surface area contributed by atoms with Gasteiger partial charge < -0.3 is 5.73 Å². The molecule has 1 unspecified atom stereocenters. The Hall–Kier alpha value is -0.860. The van der Waals surface area contributed by atoms with Gasteiger partial charge in [-0.3, -0.25) is 4.90 Å². The summed E-state index contributed by atoms with van der Waals surface area (Å²) in [7, 11) is 0. The maximum Gasteiger partial charge on any atom is 0.0234 e. The number of nitrogens with zero attached hydrogens (tertiary/aromatic N) is 1. The molecule has 1 aromatic carbocycles. The molecule has 1 aliphatic rings. The van der Waals surface area contributed by atoms with E-state index in [-0.39, 0.29) is 0 Å². The zero-order valence-corrected chi connectivity index (χ0v) is 11.2. The lowest BCUT2D eigenvalue weighted by Crippen LogP contribution is -2.52. The molecule has 0 bridgehead atoms. The highest BCUT2D eigenvalue weighted by molar-refractivity contribution is 5.21. The van der Waals surface area contributed by atoms with Crippen LogP contribution in [0.25, 0.3) is 0 Å². The van der Waals surface area contributed by atoms with E-state index >= 15 is 0 Å². The predicted octanol–water partition coefficient (Wildman–Crippen LogP) is 2.55. The number of hydrogen-bond donors (Lipinski definition) is 1. The van der Waals surface area contributed by atoms with Gasteiger partial charge in [-0.25, -0.2) is 0 Å². The monoisotopic (exact) mass is 232 g/mol. The molecule has 1 fully saturated rings. The van der Waals surface area contributed by atoms with Crippen molar-refractivity contribution in [2.45, 2.75) is 39.8 Å². The third-order valence-electron chi connectivity index (χ3n) is 4.06. The van der Waals surface area contributed by atoms with E-state index in [1.54, 1.807) is 0 Å². The maximum atomic E-state index is 6.24. The normalized spacial score (nSPS) is 24.8. The van der Waals surface area contributed by atoms with Crippen LogP contribution in [0.5, 0.6) is 0 Å². The minimum Gasteiger partial charge on any atom is -0.326 e. The first kappa shape index (κ1) is 12.6. The van der Waals surface area contributed by atoms with Gasteiger partial charge in [0.15, 0.2) is 0 Å². The number of benzene rings is 1. The van der Waals surface area contributed by atoms with Crippen LogP contribution < -0.4 is 5.73 Å². The van der Waals surface area contributed by atoms with Crippen LogP contribution >= 0.6 is 0 Å². The second-order valence-electron chi connectivity index (χ2n) is 6.07. The molecule has 94 valence electrons. The number of nitrogens with two attached hydrogens (primary N) is 1. The molecule has 2 heteroatoms. The highest BCUT2D eigenvalue weighted by Gasteiger charge is 2.32. The third-order valence-corrected chi connectivity index (χ3v) is 4.06. The number of aryl methyl sites for hydroxylation is 1. The van der Waals surface area contributed by atoms with Crippen molar-refractivity contribution in [2.24, 2.45) is 11.1 Å². The van der Waals surface area contributed by atoms with E-state index < -0.39 is 0 Å². The molecule has 1 aromatic rings. The summed E-state index contributed by atoms with van der Waals surface area (Å²) in [4.78, 5) is 2.47. The van der Waals surface area contributed by atoms with Crippen molar-refractivity contribution in [1.82, 2.24) is 4.90 Å². The summed E-state index contributed by atoms with van der Waals surface area (Å²) < 4.78 is 0. The van der Waals surface area contributed by atoms with Gasteiger partial charge >= 0.3 is 0 Å². The molecule has 1 aliphatic heterocycles. The second-order valence-corrected chi connectivity index (χ2v) is 6.07. The molecule has 17 heavy (non-hydrogen) atoms. The fourth-order valence-corrected chi connectivity index (χ4v) is 2.34. The number of likely N-dealkylation sites (tertiary alicyclic amines) is 1. The van der Waals surface area contributed by atoms with Gasteiger partial charge in [-0.15, -0.1) is 0 Å². The van der Waals surface area contributed by atoms with E-state index in [0.29, 0.717) is 11.5 Å². The first-order valence-electron chi connectivity index (χ1n) is 6.51. The van der Waals surface area contributed by atoms with Gasteiger partial charge in [0, 0.05) is 19.1 Å². The second kappa shape index (κ2) is 4.79. The Kier molecular flexibility index (Phi) is 3.55. The first-order valence-corrected chi connectivity index (χ1v) is 6.51. The molecule has 2 nitrogen and oxygen atoms in total. The highest BCUT2D eigenvalue weighted by atomic mass is 15.1.